The number of rotatable bonds is 1. The van der Waals surface area contributed by atoms with Crippen LogP contribution in [0.1, 0.15) is 5.56 Å². The van der Waals surface area contributed by atoms with Crippen LogP contribution in [0, 0.1) is 10.5 Å². The molecule has 0 fully saturated rings. The zero-order valence-corrected chi connectivity index (χ0v) is 13.3. The van der Waals surface area contributed by atoms with E-state index >= 15 is 0 Å². The molecule has 0 amide bonds. The molecule has 0 N–H and O–H groups in total. The van der Waals surface area contributed by atoms with Crippen LogP contribution in [0.4, 0.5) is 0 Å². The lowest BCUT2D eigenvalue weighted by molar-refractivity contribution is 1.44. The fourth-order valence-corrected chi connectivity index (χ4v) is 2.95. The van der Waals surface area contributed by atoms with E-state index < -0.39 is 0 Å². The highest BCUT2D eigenvalue weighted by Gasteiger charge is 2.10. The Labute approximate surface area is 129 Å². The number of aryl methyl sites for hydroxylation is 1. The molecule has 0 aliphatic heterocycles. The number of hydrogen-bond acceptors (Lipinski definition) is 0. The highest BCUT2D eigenvalue weighted by molar-refractivity contribution is 14.1. The van der Waals surface area contributed by atoms with Gasteiger partial charge in [0.2, 0.25) is 0 Å². The maximum atomic E-state index is 6.20. The second-order valence-electron chi connectivity index (χ2n) is 3.71. The zero-order valence-electron chi connectivity index (χ0n) is 8.90. The first-order valence-electron chi connectivity index (χ1n) is 4.90. The number of benzene rings is 2. The Morgan fingerprint density at radius 1 is 0.824 bits per heavy atom. The van der Waals surface area contributed by atoms with Crippen LogP contribution in [0.5, 0.6) is 0 Å². The van der Waals surface area contributed by atoms with Crippen LogP contribution in [-0.2, 0) is 0 Å². The molecule has 0 aliphatic carbocycles. The monoisotopic (exact) mass is 396 g/mol. The van der Waals surface area contributed by atoms with Crippen molar-refractivity contribution in [2.45, 2.75) is 6.92 Å². The van der Waals surface area contributed by atoms with E-state index in [0.29, 0.717) is 15.1 Å². The minimum atomic E-state index is 0.476. The van der Waals surface area contributed by atoms with E-state index in [1.807, 2.05) is 12.1 Å². The van der Waals surface area contributed by atoms with Crippen molar-refractivity contribution in [3.05, 3.63) is 54.5 Å². The quantitative estimate of drug-likeness (QED) is 0.395. The molecule has 2 aromatic carbocycles. The SMILES string of the molecule is Cc1cc(I)ccc1-c1cc(Cl)c(Cl)cc1Cl. The Bertz CT molecular complexity index is 579. The van der Waals surface area contributed by atoms with Crippen LogP contribution in [0.15, 0.2) is 30.3 Å². The Hall–Kier alpha value is 0.0400. The summed E-state index contributed by atoms with van der Waals surface area (Å²) in [5.41, 5.74) is 3.15. The van der Waals surface area contributed by atoms with E-state index in [4.69, 9.17) is 34.8 Å². The summed E-state index contributed by atoms with van der Waals surface area (Å²) >= 11 is 20.4. The maximum Gasteiger partial charge on any atom is 0.0607 e. The Morgan fingerprint density at radius 3 is 2.12 bits per heavy atom. The molecule has 0 unspecified atom stereocenters. The summed E-state index contributed by atoms with van der Waals surface area (Å²) < 4.78 is 1.19. The van der Waals surface area contributed by atoms with Crippen LogP contribution >= 0.6 is 57.4 Å². The van der Waals surface area contributed by atoms with Gasteiger partial charge in [-0.3, -0.25) is 0 Å². The average molecular weight is 397 g/mol. The molecule has 0 saturated heterocycles. The highest BCUT2D eigenvalue weighted by Crippen LogP contribution is 2.36. The van der Waals surface area contributed by atoms with Crippen molar-refractivity contribution >= 4 is 57.4 Å². The van der Waals surface area contributed by atoms with Crippen LogP contribution < -0.4 is 0 Å². The largest absolute Gasteiger partial charge is 0.0836 e. The van der Waals surface area contributed by atoms with Crippen molar-refractivity contribution in [2.24, 2.45) is 0 Å². The number of halogens is 4. The Morgan fingerprint density at radius 2 is 1.47 bits per heavy atom. The van der Waals surface area contributed by atoms with E-state index in [-0.39, 0.29) is 0 Å². The first-order valence-corrected chi connectivity index (χ1v) is 7.11. The second-order valence-corrected chi connectivity index (χ2v) is 6.17. The molecular weight excluding hydrogens is 389 g/mol. The summed E-state index contributed by atoms with van der Waals surface area (Å²) in [7, 11) is 0. The molecule has 88 valence electrons. The molecule has 0 bridgehead atoms. The molecule has 2 aromatic rings. The average Bonchev–Trinajstić information content (AvgIpc) is 2.24. The summed E-state index contributed by atoms with van der Waals surface area (Å²) in [4.78, 5) is 0. The maximum absolute atomic E-state index is 6.20. The van der Waals surface area contributed by atoms with Gasteiger partial charge in [-0.15, -0.1) is 0 Å². The van der Waals surface area contributed by atoms with Gasteiger partial charge in [0.05, 0.1) is 10.0 Å². The zero-order chi connectivity index (χ0) is 12.6. The minimum Gasteiger partial charge on any atom is -0.0836 e. The van der Waals surface area contributed by atoms with Gasteiger partial charge in [-0.2, -0.15) is 0 Å². The van der Waals surface area contributed by atoms with Gasteiger partial charge in [-0.25, -0.2) is 0 Å². The van der Waals surface area contributed by atoms with Gasteiger partial charge in [0.15, 0.2) is 0 Å². The molecular formula is C13H8Cl3I. The first-order chi connectivity index (χ1) is 7.99. The highest BCUT2D eigenvalue weighted by atomic mass is 127. The van der Waals surface area contributed by atoms with E-state index in [1.54, 1.807) is 12.1 Å². The lowest BCUT2D eigenvalue weighted by atomic mass is 10.0. The third kappa shape index (κ3) is 2.90. The van der Waals surface area contributed by atoms with Crippen LogP contribution in [-0.4, -0.2) is 0 Å². The first kappa shape index (κ1) is 13.5. The topological polar surface area (TPSA) is 0 Å². The van der Waals surface area contributed by atoms with Gasteiger partial charge < -0.3 is 0 Å². The molecule has 2 rings (SSSR count). The predicted octanol–water partition coefficient (Wildman–Crippen LogP) is 6.23. The summed E-state index contributed by atoms with van der Waals surface area (Å²) in [6.07, 6.45) is 0. The molecule has 0 heterocycles. The van der Waals surface area contributed by atoms with E-state index in [9.17, 15) is 0 Å². The normalized spacial score (nSPS) is 10.6. The lowest BCUT2D eigenvalue weighted by Gasteiger charge is -2.10. The van der Waals surface area contributed by atoms with Gasteiger partial charge in [0.1, 0.15) is 0 Å². The van der Waals surface area contributed by atoms with Crippen LogP contribution in [0.3, 0.4) is 0 Å². The molecule has 0 aromatic heterocycles. The Balaban J connectivity index is 2.64. The van der Waals surface area contributed by atoms with E-state index in [1.165, 1.54) is 3.57 Å². The minimum absolute atomic E-state index is 0.476. The fraction of sp³-hybridized carbons (Fsp3) is 0.0769. The van der Waals surface area contributed by atoms with Crippen LogP contribution in [0.25, 0.3) is 11.1 Å². The summed E-state index contributed by atoms with van der Waals surface area (Å²) in [6, 6.07) is 9.68. The standard InChI is InChI=1S/C13H8Cl3I/c1-7-4-8(17)2-3-9(7)10-5-12(15)13(16)6-11(10)14/h2-6H,1H3. The number of hydrogen-bond donors (Lipinski definition) is 0. The van der Waals surface area contributed by atoms with Crippen molar-refractivity contribution in [1.29, 1.82) is 0 Å². The van der Waals surface area contributed by atoms with Crippen molar-refractivity contribution < 1.29 is 0 Å². The van der Waals surface area contributed by atoms with Crippen molar-refractivity contribution in [3.63, 3.8) is 0 Å². The predicted molar refractivity (Wildman–Crippen MR) is 84.4 cm³/mol. The molecule has 0 atom stereocenters. The van der Waals surface area contributed by atoms with E-state index in [2.05, 4.69) is 35.6 Å². The van der Waals surface area contributed by atoms with Gasteiger partial charge in [-0.05, 0) is 64.9 Å². The molecule has 0 radical (unpaired) electrons. The van der Waals surface area contributed by atoms with Crippen molar-refractivity contribution in [3.8, 4) is 11.1 Å². The smallest absolute Gasteiger partial charge is 0.0607 e. The van der Waals surface area contributed by atoms with Crippen molar-refractivity contribution in [2.75, 3.05) is 0 Å². The fourth-order valence-electron chi connectivity index (χ4n) is 1.66. The lowest BCUT2D eigenvalue weighted by Crippen LogP contribution is -1.86. The van der Waals surface area contributed by atoms with Gasteiger partial charge in [-0.1, -0.05) is 40.9 Å². The molecule has 4 heteroatoms. The molecule has 17 heavy (non-hydrogen) atoms. The van der Waals surface area contributed by atoms with Crippen molar-refractivity contribution in [1.82, 2.24) is 0 Å². The molecule has 0 saturated carbocycles. The van der Waals surface area contributed by atoms with Crippen LogP contribution in [0.2, 0.25) is 15.1 Å². The third-order valence-corrected chi connectivity index (χ3v) is 4.19. The van der Waals surface area contributed by atoms with Gasteiger partial charge in [0, 0.05) is 14.2 Å². The third-order valence-electron chi connectivity index (χ3n) is 2.49. The Kier molecular flexibility index (Phi) is 4.24. The molecule has 0 aliphatic rings. The van der Waals surface area contributed by atoms with Gasteiger partial charge in [0.25, 0.3) is 0 Å². The summed E-state index contributed by atoms with van der Waals surface area (Å²) in [5, 5.41) is 1.61. The summed E-state index contributed by atoms with van der Waals surface area (Å²) in [6.45, 7) is 2.05. The molecule has 0 spiro atoms. The summed E-state index contributed by atoms with van der Waals surface area (Å²) in [5.74, 6) is 0. The van der Waals surface area contributed by atoms with E-state index in [0.717, 1.165) is 16.7 Å². The molecule has 0 nitrogen and oxygen atoms in total. The van der Waals surface area contributed by atoms with Gasteiger partial charge >= 0.3 is 0 Å². The second kappa shape index (κ2) is 5.35.